The predicted octanol–water partition coefficient (Wildman–Crippen LogP) is 5.06. The lowest BCUT2D eigenvalue weighted by Gasteiger charge is -2.07. The molecule has 1 aromatic carbocycles. The molecule has 0 atom stereocenters. The van der Waals surface area contributed by atoms with Crippen LogP contribution in [0, 0.1) is 6.92 Å². The van der Waals surface area contributed by atoms with E-state index in [4.69, 9.17) is 11.6 Å². The van der Waals surface area contributed by atoms with Gasteiger partial charge in [0.25, 0.3) is 0 Å². The SMILES string of the molecule is CCc1nc(CSc2ccc(Br)cc2)nc(Cl)c1C. The van der Waals surface area contributed by atoms with Crippen molar-refractivity contribution in [2.24, 2.45) is 0 Å². The van der Waals surface area contributed by atoms with Crippen molar-refractivity contribution in [3.63, 3.8) is 0 Å². The van der Waals surface area contributed by atoms with Crippen LogP contribution in [0.3, 0.4) is 0 Å². The summed E-state index contributed by atoms with van der Waals surface area (Å²) in [5.74, 6) is 1.52. The molecule has 0 aliphatic heterocycles. The Morgan fingerprint density at radius 1 is 1.21 bits per heavy atom. The van der Waals surface area contributed by atoms with Gasteiger partial charge in [0.05, 0.1) is 5.75 Å². The summed E-state index contributed by atoms with van der Waals surface area (Å²) in [5, 5.41) is 0.568. The lowest BCUT2D eigenvalue weighted by Crippen LogP contribution is -2.01. The molecule has 0 spiro atoms. The molecule has 0 N–H and O–H groups in total. The fourth-order valence-corrected chi connectivity index (χ4v) is 2.89. The first-order valence-corrected chi connectivity index (χ1v) is 8.16. The Bertz CT molecular complexity index is 572. The lowest BCUT2D eigenvalue weighted by molar-refractivity contribution is 0.918. The van der Waals surface area contributed by atoms with Gasteiger partial charge in [0.1, 0.15) is 11.0 Å². The van der Waals surface area contributed by atoms with Crippen LogP contribution < -0.4 is 0 Å². The molecule has 100 valence electrons. The van der Waals surface area contributed by atoms with Crippen LogP contribution in [0.5, 0.6) is 0 Å². The van der Waals surface area contributed by atoms with E-state index in [1.807, 2.05) is 19.1 Å². The van der Waals surface area contributed by atoms with Crippen LogP contribution in [0.1, 0.15) is 24.0 Å². The number of hydrogen-bond donors (Lipinski definition) is 0. The average Bonchev–Trinajstić information content (AvgIpc) is 2.41. The highest BCUT2D eigenvalue weighted by molar-refractivity contribution is 9.10. The number of aromatic nitrogens is 2. The van der Waals surface area contributed by atoms with Crippen molar-refractivity contribution in [3.05, 3.63) is 51.0 Å². The predicted molar refractivity (Wildman–Crippen MR) is 84.9 cm³/mol. The topological polar surface area (TPSA) is 25.8 Å². The number of hydrogen-bond acceptors (Lipinski definition) is 3. The number of thioether (sulfide) groups is 1. The normalized spacial score (nSPS) is 10.7. The molecule has 2 rings (SSSR count). The van der Waals surface area contributed by atoms with Gasteiger partial charge in [-0.15, -0.1) is 11.8 Å². The first-order chi connectivity index (χ1) is 9.10. The number of aryl methyl sites for hydroxylation is 1. The molecule has 0 bridgehead atoms. The average molecular weight is 358 g/mol. The molecule has 0 aliphatic carbocycles. The second kappa shape index (κ2) is 6.73. The molecule has 1 aromatic heterocycles. The minimum absolute atomic E-state index is 0.568. The Balaban J connectivity index is 2.11. The first-order valence-electron chi connectivity index (χ1n) is 6.00. The molecule has 0 aliphatic rings. The Kier molecular flexibility index (Phi) is 5.25. The third-order valence-electron chi connectivity index (χ3n) is 2.75. The van der Waals surface area contributed by atoms with Crippen LogP contribution in [0.15, 0.2) is 33.6 Å². The van der Waals surface area contributed by atoms with Gasteiger partial charge in [0, 0.05) is 20.6 Å². The number of halogens is 2. The number of rotatable bonds is 4. The quantitative estimate of drug-likeness (QED) is 0.565. The van der Waals surface area contributed by atoms with Gasteiger partial charge < -0.3 is 0 Å². The van der Waals surface area contributed by atoms with Gasteiger partial charge in [-0.05, 0) is 37.6 Å². The van der Waals surface area contributed by atoms with Crippen LogP contribution >= 0.6 is 39.3 Å². The maximum absolute atomic E-state index is 6.13. The van der Waals surface area contributed by atoms with Gasteiger partial charge in [0.2, 0.25) is 0 Å². The summed E-state index contributed by atoms with van der Waals surface area (Å²) < 4.78 is 1.08. The lowest BCUT2D eigenvalue weighted by atomic mass is 10.2. The van der Waals surface area contributed by atoms with Crippen molar-refractivity contribution < 1.29 is 0 Å². The van der Waals surface area contributed by atoms with Crippen molar-refractivity contribution in [2.75, 3.05) is 0 Å². The summed E-state index contributed by atoms with van der Waals surface area (Å²) in [6.07, 6.45) is 0.879. The van der Waals surface area contributed by atoms with Gasteiger partial charge in [-0.1, -0.05) is 34.5 Å². The van der Waals surface area contributed by atoms with E-state index >= 15 is 0 Å². The summed E-state index contributed by atoms with van der Waals surface area (Å²) in [5.41, 5.74) is 2.02. The van der Waals surface area contributed by atoms with Crippen molar-refractivity contribution in [3.8, 4) is 0 Å². The van der Waals surface area contributed by atoms with E-state index in [1.165, 1.54) is 4.90 Å². The number of benzene rings is 1. The van der Waals surface area contributed by atoms with E-state index in [0.717, 1.165) is 33.7 Å². The highest BCUT2D eigenvalue weighted by Crippen LogP contribution is 2.25. The molecule has 0 radical (unpaired) electrons. The highest BCUT2D eigenvalue weighted by Gasteiger charge is 2.08. The van der Waals surface area contributed by atoms with Crippen LogP contribution in [0.4, 0.5) is 0 Å². The third-order valence-corrected chi connectivity index (χ3v) is 4.65. The standard InChI is InChI=1S/C14H14BrClN2S/c1-3-12-9(2)14(16)18-13(17-12)8-19-11-6-4-10(15)5-7-11/h4-7H,3,8H2,1-2H3. The number of nitrogens with zero attached hydrogens (tertiary/aromatic N) is 2. The zero-order valence-corrected chi connectivity index (χ0v) is 13.9. The van der Waals surface area contributed by atoms with E-state index in [0.29, 0.717) is 5.15 Å². The molecule has 0 amide bonds. The molecule has 0 saturated heterocycles. The maximum Gasteiger partial charge on any atom is 0.140 e. The molecule has 1 heterocycles. The van der Waals surface area contributed by atoms with Gasteiger partial charge in [-0.2, -0.15) is 0 Å². The molecule has 19 heavy (non-hydrogen) atoms. The largest absolute Gasteiger partial charge is 0.237 e. The molecular formula is C14H14BrClN2S. The summed E-state index contributed by atoms with van der Waals surface area (Å²) in [6.45, 7) is 4.05. The molecule has 0 unspecified atom stereocenters. The highest BCUT2D eigenvalue weighted by atomic mass is 79.9. The first kappa shape index (κ1) is 14.8. The van der Waals surface area contributed by atoms with Gasteiger partial charge in [0.15, 0.2) is 0 Å². The molecule has 2 aromatic rings. The van der Waals surface area contributed by atoms with E-state index in [9.17, 15) is 0 Å². The Hall–Kier alpha value is -0.580. The summed E-state index contributed by atoms with van der Waals surface area (Å²) >= 11 is 11.3. The zero-order chi connectivity index (χ0) is 13.8. The zero-order valence-electron chi connectivity index (χ0n) is 10.8. The van der Waals surface area contributed by atoms with Crippen molar-refractivity contribution in [1.82, 2.24) is 9.97 Å². The minimum Gasteiger partial charge on any atom is -0.237 e. The fraction of sp³-hybridized carbons (Fsp3) is 0.286. The Morgan fingerprint density at radius 2 is 1.89 bits per heavy atom. The van der Waals surface area contributed by atoms with Gasteiger partial charge in [-0.25, -0.2) is 9.97 Å². The summed E-state index contributed by atoms with van der Waals surface area (Å²) in [4.78, 5) is 10.1. The van der Waals surface area contributed by atoms with Crippen LogP contribution in [0.2, 0.25) is 5.15 Å². The minimum atomic E-state index is 0.568. The van der Waals surface area contributed by atoms with Gasteiger partial charge in [-0.3, -0.25) is 0 Å². The van der Waals surface area contributed by atoms with Crippen molar-refractivity contribution >= 4 is 39.3 Å². The third kappa shape index (κ3) is 3.94. The van der Waals surface area contributed by atoms with E-state index < -0.39 is 0 Å². The molecule has 2 nitrogen and oxygen atoms in total. The molecule has 0 fully saturated rings. The van der Waals surface area contributed by atoms with Crippen LogP contribution in [-0.2, 0) is 12.2 Å². The Labute approximate surface area is 131 Å². The monoisotopic (exact) mass is 356 g/mol. The molecular weight excluding hydrogens is 344 g/mol. The van der Waals surface area contributed by atoms with Gasteiger partial charge >= 0.3 is 0 Å². The molecule has 0 saturated carbocycles. The van der Waals surface area contributed by atoms with Crippen molar-refractivity contribution in [2.45, 2.75) is 30.9 Å². The van der Waals surface area contributed by atoms with Crippen LogP contribution in [-0.4, -0.2) is 9.97 Å². The molecule has 5 heteroatoms. The fourth-order valence-electron chi connectivity index (χ4n) is 1.67. The van der Waals surface area contributed by atoms with E-state index in [2.05, 4.69) is 45.0 Å². The van der Waals surface area contributed by atoms with E-state index in [1.54, 1.807) is 11.8 Å². The second-order valence-corrected chi connectivity index (χ2v) is 6.42. The van der Waals surface area contributed by atoms with E-state index in [-0.39, 0.29) is 0 Å². The maximum atomic E-state index is 6.13. The smallest absolute Gasteiger partial charge is 0.140 e. The Morgan fingerprint density at radius 3 is 2.53 bits per heavy atom. The second-order valence-electron chi connectivity index (χ2n) is 4.10. The summed E-state index contributed by atoms with van der Waals surface area (Å²) in [7, 11) is 0. The van der Waals surface area contributed by atoms with Crippen LogP contribution in [0.25, 0.3) is 0 Å². The van der Waals surface area contributed by atoms with Crippen molar-refractivity contribution in [1.29, 1.82) is 0 Å². The summed E-state index contributed by atoms with van der Waals surface area (Å²) in [6, 6.07) is 8.21.